The third-order valence-electron chi connectivity index (χ3n) is 3.56. The highest BCUT2D eigenvalue weighted by molar-refractivity contribution is 5.78. The molecular weight excluding hydrogens is 244 g/mol. The van der Waals surface area contributed by atoms with Crippen molar-refractivity contribution in [3.05, 3.63) is 0 Å². The van der Waals surface area contributed by atoms with Crippen molar-refractivity contribution in [2.24, 2.45) is 5.92 Å². The SMILES string of the molecule is COCCCOCCN(C)C(=O)[C@H]1CCN[C@@H](C)C1. The van der Waals surface area contributed by atoms with Gasteiger partial charge in [0.1, 0.15) is 0 Å². The van der Waals surface area contributed by atoms with Crippen LogP contribution in [0.3, 0.4) is 0 Å². The maximum atomic E-state index is 12.2. The molecule has 0 radical (unpaired) electrons. The Morgan fingerprint density at radius 1 is 1.37 bits per heavy atom. The number of carbonyl (C=O) groups excluding carboxylic acids is 1. The molecule has 5 heteroatoms. The van der Waals surface area contributed by atoms with Gasteiger partial charge in [0, 0.05) is 45.9 Å². The predicted molar refractivity (Wildman–Crippen MR) is 75.1 cm³/mol. The predicted octanol–water partition coefficient (Wildman–Crippen LogP) is 0.886. The third-order valence-corrected chi connectivity index (χ3v) is 3.56. The van der Waals surface area contributed by atoms with Gasteiger partial charge in [0.2, 0.25) is 5.91 Å². The van der Waals surface area contributed by atoms with Gasteiger partial charge in [-0.3, -0.25) is 4.79 Å². The van der Waals surface area contributed by atoms with Crippen molar-refractivity contribution < 1.29 is 14.3 Å². The van der Waals surface area contributed by atoms with Crippen molar-refractivity contribution in [3.8, 4) is 0 Å². The van der Waals surface area contributed by atoms with E-state index in [9.17, 15) is 4.79 Å². The highest BCUT2D eigenvalue weighted by Crippen LogP contribution is 2.18. The minimum absolute atomic E-state index is 0.176. The fraction of sp³-hybridized carbons (Fsp3) is 0.929. The first-order valence-corrected chi connectivity index (χ1v) is 7.20. The molecule has 0 bridgehead atoms. The van der Waals surface area contributed by atoms with Crippen LogP contribution in [0.15, 0.2) is 0 Å². The summed E-state index contributed by atoms with van der Waals surface area (Å²) in [5.41, 5.74) is 0. The Hall–Kier alpha value is -0.650. The summed E-state index contributed by atoms with van der Waals surface area (Å²) in [4.78, 5) is 14.0. The molecule has 1 N–H and O–H groups in total. The van der Waals surface area contributed by atoms with Crippen molar-refractivity contribution in [2.45, 2.75) is 32.2 Å². The zero-order valence-electron chi connectivity index (χ0n) is 12.5. The number of likely N-dealkylation sites (N-methyl/N-ethyl adjacent to an activating group) is 1. The fourth-order valence-electron chi connectivity index (χ4n) is 2.39. The number of amides is 1. The number of piperidine rings is 1. The molecule has 0 spiro atoms. The lowest BCUT2D eigenvalue weighted by Gasteiger charge is -2.30. The topological polar surface area (TPSA) is 50.8 Å². The maximum absolute atomic E-state index is 12.2. The Morgan fingerprint density at radius 2 is 2.16 bits per heavy atom. The molecule has 1 heterocycles. The van der Waals surface area contributed by atoms with Gasteiger partial charge in [0.15, 0.2) is 0 Å². The van der Waals surface area contributed by atoms with Crippen LogP contribution in [-0.2, 0) is 14.3 Å². The largest absolute Gasteiger partial charge is 0.385 e. The number of ether oxygens (including phenoxy) is 2. The summed E-state index contributed by atoms with van der Waals surface area (Å²) < 4.78 is 10.4. The molecule has 0 aliphatic carbocycles. The molecule has 1 aliphatic rings. The standard InChI is InChI=1S/C14H28N2O3/c1-12-11-13(5-6-15-12)14(17)16(2)7-10-19-9-4-8-18-3/h12-13,15H,4-11H2,1-3H3/t12-,13-/m0/s1. The van der Waals surface area contributed by atoms with E-state index >= 15 is 0 Å². The van der Waals surface area contributed by atoms with E-state index in [0.717, 1.165) is 32.4 Å². The van der Waals surface area contributed by atoms with Gasteiger partial charge in [-0.15, -0.1) is 0 Å². The molecule has 0 aromatic heterocycles. The third kappa shape index (κ3) is 6.36. The lowest BCUT2D eigenvalue weighted by Crippen LogP contribution is -2.43. The number of nitrogens with zero attached hydrogens (tertiary/aromatic N) is 1. The number of hydrogen-bond donors (Lipinski definition) is 1. The van der Waals surface area contributed by atoms with Gasteiger partial charge in [0.05, 0.1) is 6.61 Å². The number of nitrogens with one attached hydrogen (secondary N) is 1. The molecule has 1 rings (SSSR count). The summed E-state index contributed by atoms with van der Waals surface area (Å²) in [5.74, 6) is 0.434. The Kier molecular flexibility index (Phi) is 8.02. The van der Waals surface area contributed by atoms with Crippen molar-refractivity contribution in [1.82, 2.24) is 10.2 Å². The van der Waals surface area contributed by atoms with Crippen molar-refractivity contribution in [3.63, 3.8) is 0 Å². The molecule has 0 saturated carbocycles. The van der Waals surface area contributed by atoms with Gasteiger partial charge < -0.3 is 19.7 Å². The van der Waals surface area contributed by atoms with Gasteiger partial charge in [0.25, 0.3) is 0 Å². The molecule has 1 aliphatic heterocycles. The monoisotopic (exact) mass is 272 g/mol. The zero-order valence-corrected chi connectivity index (χ0v) is 12.5. The first-order chi connectivity index (χ1) is 9.15. The zero-order chi connectivity index (χ0) is 14.1. The van der Waals surface area contributed by atoms with E-state index in [1.807, 2.05) is 7.05 Å². The summed E-state index contributed by atoms with van der Waals surface area (Å²) in [5, 5.41) is 3.37. The van der Waals surface area contributed by atoms with E-state index in [1.165, 1.54) is 0 Å². The second-order valence-corrected chi connectivity index (χ2v) is 5.29. The van der Waals surface area contributed by atoms with E-state index in [0.29, 0.717) is 25.8 Å². The van der Waals surface area contributed by atoms with Crippen LogP contribution in [0.1, 0.15) is 26.2 Å². The Balaban J connectivity index is 2.14. The molecule has 1 saturated heterocycles. The maximum Gasteiger partial charge on any atom is 0.225 e. The molecule has 1 amide bonds. The van der Waals surface area contributed by atoms with Crippen LogP contribution in [0.4, 0.5) is 0 Å². The number of hydrogen-bond acceptors (Lipinski definition) is 4. The molecule has 0 unspecified atom stereocenters. The van der Waals surface area contributed by atoms with Crippen molar-refractivity contribution >= 4 is 5.91 Å². The number of carbonyl (C=O) groups is 1. The van der Waals surface area contributed by atoms with Crippen molar-refractivity contribution in [1.29, 1.82) is 0 Å². The molecule has 1 fully saturated rings. The molecule has 112 valence electrons. The summed E-state index contributed by atoms with van der Waals surface area (Å²) in [6.45, 7) is 5.77. The summed E-state index contributed by atoms with van der Waals surface area (Å²) in [7, 11) is 3.56. The molecule has 19 heavy (non-hydrogen) atoms. The Bertz CT molecular complexity index is 261. The van der Waals surface area contributed by atoms with Crippen LogP contribution in [-0.4, -0.2) is 63.9 Å². The molecular formula is C14H28N2O3. The van der Waals surface area contributed by atoms with Gasteiger partial charge in [-0.25, -0.2) is 0 Å². The number of rotatable bonds is 8. The first-order valence-electron chi connectivity index (χ1n) is 7.20. The van der Waals surface area contributed by atoms with Crippen LogP contribution < -0.4 is 5.32 Å². The van der Waals surface area contributed by atoms with Crippen LogP contribution in [0.25, 0.3) is 0 Å². The lowest BCUT2D eigenvalue weighted by molar-refractivity contribution is -0.136. The smallest absolute Gasteiger partial charge is 0.225 e. The Morgan fingerprint density at radius 3 is 2.84 bits per heavy atom. The van der Waals surface area contributed by atoms with Crippen LogP contribution >= 0.6 is 0 Å². The van der Waals surface area contributed by atoms with Crippen LogP contribution in [0.5, 0.6) is 0 Å². The molecule has 5 nitrogen and oxygen atoms in total. The molecule has 2 atom stereocenters. The minimum Gasteiger partial charge on any atom is -0.385 e. The van der Waals surface area contributed by atoms with Gasteiger partial charge in [-0.2, -0.15) is 0 Å². The first kappa shape index (κ1) is 16.4. The van der Waals surface area contributed by atoms with E-state index < -0.39 is 0 Å². The van der Waals surface area contributed by atoms with Crippen LogP contribution in [0.2, 0.25) is 0 Å². The van der Waals surface area contributed by atoms with E-state index in [1.54, 1.807) is 12.0 Å². The average molecular weight is 272 g/mol. The minimum atomic E-state index is 0.176. The highest BCUT2D eigenvalue weighted by Gasteiger charge is 2.26. The summed E-state index contributed by atoms with van der Waals surface area (Å²) in [6.07, 6.45) is 2.79. The molecule has 0 aromatic rings. The highest BCUT2D eigenvalue weighted by atomic mass is 16.5. The van der Waals surface area contributed by atoms with Gasteiger partial charge in [-0.05, 0) is 32.7 Å². The lowest BCUT2D eigenvalue weighted by atomic mass is 9.92. The van der Waals surface area contributed by atoms with Crippen molar-refractivity contribution in [2.75, 3.05) is 47.1 Å². The summed E-state index contributed by atoms with van der Waals surface area (Å²) in [6, 6.07) is 0.446. The van der Waals surface area contributed by atoms with E-state index in [-0.39, 0.29) is 11.8 Å². The van der Waals surface area contributed by atoms with Gasteiger partial charge in [-0.1, -0.05) is 0 Å². The Labute approximate surface area is 116 Å². The average Bonchev–Trinajstić information content (AvgIpc) is 2.41. The number of methoxy groups -OCH3 is 1. The van der Waals surface area contributed by atoms with E-state index in [2.05, 4.69) is 12.2 Å². The summed E-state index contributed by atoms with van der Waals surface area (Å²) >= 11 is 0. The normalized spacial score (nSPS) is 23.3. The second-order valence-electron chi connectivity index (χ2n) is 5.29. The van der Waals surface area contributed by atoms with Crippen LogP contribution in [0, 0.1) is 5.92 Å². The van der Waals surface area contributed by atoms with Gasteiger partial charge >= 0.3 is 0 Å². The second kappa shape index (κ2) is 9.28. The quantitative estimate of drug-likeness (QED) is 0.667. The molecule has 0 aromatic carbocycles. The fourth-order valence-corrected chi connectivity index (χ4v) is 2.39. The van der Waals surface area contributed by atoms with E-state index in [4.69, 9.17) is 9.47 Å².